The molecule has 0 spiro atoms. The van der Waals surface area contributed by atoms with Gasteiger partial charge in [-0.15, -0.1) is 5.14 Å². The number of nitrogens with two attached hydrogens (primary N) is 1. The molecule has 0 aliphatic carbocycles. The summed E-state index contributed by atoms with van der Waals surface area (Å²) < 4.78 is 12.0. The Morgan fingerprint density at radius 2 is 2.04 bits per heavy atom. The quantitative estimate of drug-likeness (QED) is 0.625. The molecule has 28 heavy (non-hydrogen) atoms. The normalized spacial score (nSPS) is 11.5. The van der Waals surface area contributed by atoms with E-state index in [0.29, 0.717) is 37.9 Å². The number of nitrogens with zero attached hydrogens (tertiary/aromatic N) is 2. The Morgan fingerprint density at radius 1 is 1.25 bits per heavy atom. The number of hydrogen-bond acceptors (Lipinski definition) is 5. The number of carbonyl (C=O) groups is 1. The Hall–Kier alpha value is -2.89. The molecule has 140 valence electrons. The molecular weight excluding hydrogens is 396 g/mol. The lowest BCUT2D eigenvalue weighted by Gasteiger charge is -2.12. The van der Waals surface area contributed by atoms with Crippen molar-refractivity contribution in [3.63, 3.8) is 0 Å². The van der Waals surface area contributed by atoms with Crippen LogP contribution in [0.3, 0.4) is 0 Å². The highest BCUT2D eigenvalue weighted by Gasteiger charge is 2.17. The fraction of sp³-hybridized carbons (Fsp3) is 0.0500. The fourth-order valence-electron chi connectivity index (χ4n) is 2.67. The van der Waals surface area contributed by atoms with Gasteiger partial charge >= 0.3 is 0 Å². The molecule has 0 fully saturated rings. The molecule has 3 N–H and O–H groups in total. The average Bonchev–Trinajstić information content (AvgIpc) is 2.69. The van der Waals surface area contributed by atoms with Gasteiger partial charge in [-0.2, -0.15) is 5.26 Å². The molecule has 1 unspecified atom stereocenters. The lowest BCUT2D eigenvalue weighted by Crippen LogP contribution is -2.17. The second-order valence-electron chi connectivity index (χ2n) is 5.90. The van der Waals surface area contributed by atoms with Crippen LogP contribution in [0.1, 0.15) is 11.1 Å². The molecule has 1 heterocycles. The van der Waals surface area contributed by atoms with Gasteiger partial charge in [0, 0.05) is 40.3 Å². The van der Waals surface area contributed by atoms with E-state index in [1.807, 2.05) is 12.1 Å². The molecule has 0 aliphatic heterocycles. The van der Waals surface area contributed by atoms with Crippen LogP contribution in [0, 0.1) is 11.3 Å². The minimum atomic E-state index is -1.80. The minimum absolute atomic E-state index is 0.108. The van der Waals surface area contributed by atoms with E-state index in [9.17, 15) is 9.35 Å². The van der Waals surface area contributed by atoms with Crippen LogP contribution in [-0.4, -0.2) is 15.4 Å². The molecule has 0 radical (unpaired) electrons. The summed E-state index contributed by atoms with van der Waals surface area (Å²) in [5.41, 5.74) is 2.74. The predicted molar refractivity (Wildman–Crippen MR) is 109 cm³/mol. The average molecular weight is 411 g/mol. The van der Waals surface area contributed by atoms with E-state index in [1.54, 1.807) is 48.7 Å². The number of nitrogens with one attached hydrogen (secondary N) is 1. The maximum absolute atomic E-state index is 12.3. The van der Waals surface area contributed by atoms with Gasteiger partial charge in [-0.1, -0.05) is 29.8 Å². The zero-order valence-electron chi connectivity index (χ0n) is 14.6. The van der Waals surface area contributed by atoms with E-state index < -0.39 is 11.4 Å². The molecular formula is C20H15ClN4O2S. The van der Waals surface area contributed by atoms with E-state index in [4.69, 9.17) is 22.0 Å². The Morgan fingerprint density at radius 3 is 2.75 bits per heavy atom. The summed E-state index contributed by atoms with van der Waals surface area (Å²) in [4.78, 5) is 16.7. The number of carbonyl (C=O) groups excluding carboxylic acids is 1. The number of anilines is 1. The third-order valence-corrected chi connectivity index (χ3v) is 5.11. The van der Waals surface area contributed by atoms with Crippen molar-refractivity contribution in [2.45, 2.75) is 11.3 Å². The Bertz CT molecular complexity index is 1070. The molecule has 1 amide bonds. The molecule has 0 saturated carbocycles. The molecule has 1 atom stereocenters. The number of amides is 1. The highest BCUT2D eigenvalue weighted by atomic mass is 35.5. The Kier molecular flexibility index (Phi) is 6.29. The maximum Gasteiger partial charge on any atom is 0.228 e. The zero-order valence-corrected chi connectivity index (χ0v) is 16.1. The minimum Gasteiger partial charge on any atom is -0.593 e. The second-order valence-corrected chi connectivity index (χ2v) is 7.34. The van der Waals surface area contributed by atoms with Crippen molar-refractivity contribution >= 4 is 34.6 Å². The Labute approximate surface area is 170 Å². The van der Waals surface area contributed by atoms with Crippen molar-refractivity contribution in [1.82, 2.24) is 4.98 Å². The van der Waals surface area contributed by atoms with Gasteiger partial charge in [0.05, 0.1) is 23.3 Å². The van der Waals surface area contributed by atoms with Gasteiger partial charge in [0.25, 0.3) is 0 Å². The van der Waals surface area contributed by atoms with Crippen molar-refractivity contribution in [3.05, 3.63) is 77.1 Å². The number of benzene rings is 2. The van der Waals surface area contributed by atoms with Crippen LogP contribution in [0.5, 0.6) is 0 Å². The first kappa shape index (κ1) is 19.9. The lowest BCUT2D eigenvalue weighted by atomic mass is 10.1. The highest BCUT2D eigenvalue weighted by Crippen LogP contribution is 2.29. The van der Waals surface area contributed by atoms with Crippen LogP contribution >= 0.6 is 11.6 Å². The summed E-state index contributed by atoms with van der Waals surface area (Å²) in [5, 5.41) is 17.9. The monoisotopic (exact) mass is 410 g/mol. The topological polar surface area (TPSA) is 115 Å². The van der Waals surface area contributed by atoms with Gasteiger partial charge in [-0.25, -0.2) is 0 Å². The van der Waals surface area contributed by atoms with Crippen molar-refractivity contribution in [2.24, 2.45) is 5.14 Å². The molecule has 2 aromatic carbocycles. The van der Waals surface area contributed by atoms with Crippen molar-refractivity contribution < 1.29 is 9.35 Å². The van der Waals surface area contributed by atoms with Crippen molar-refractivity contribution in [1.29, 1.82) is 5.26 Å². The number of aromatic nitrogens is 1. The van der Waals surface area contributed by atoms with Crippen LogP contribution in [0.2, 0.25) is 5.02 Å². The smallest absolute Gasteiger partial charge is 0.228 e. The van der Waals surface area contributed by atoms with E-state index in [-0.39, 0.29) is 12.3 Å². The first-order valence-corrected chi connectivity index (χ1v) is 9.76. The molecule has 0 aliphatic rings. The number of pyridine rings is 1. The molecule has 0 saturated heterocycles. The molecule has 8 heteroatoms. The van der Waals surface area contributed by atoms with Crippen LogP contribution < -0.4 is 10.5 Å². The number of nitriles is 1. The number of rotatable bonds is 5. The van der Waals surface area contributed by atoms with Crippen molar-refractivity contribution in [2.75, 3.05) is 5.32 Å². The van der Waals surface area contributed by atoms with E-state index in [2.05, 4.69) is 10.3 Å². The fourth-order valence-corrected chi connectivity index (χ4v) is 3.52. The van der Waals surface area contributed by atoms with E-state index in [0.717, 1.165) is 0 Å². The van der Waals surface area contributed by atoms with Crippen molar-refractivity contribution in [3.8, 4) is 17.2 Å². The SMILES string of the molecule is N#Cc1cncc(-c2ccc(NC(=O)Cc3ccccc3Cl)cc2[S+](N)[O-])c1. The van der Waals surface area contributed by atoms with E-state index >= 15 is 0 Å². The number of hydrogen-bond donors (Lipinski definition) is 2. The predicted octanol–water partition coefficient (Wildman–Crippen LogP) is 3.44. The molecule has 3 rings (SSSR count). The first-order chi connectivity index (χ1) is 13.5. The first-order valence-electron chi connectivity index (χ1n) is 8.17. The summed E-state index contributed by atoms with van der Waals surface area (Å²) in [7, 11) is 0. The third-order valence-electron chi connectivity index (χ3n) is 3.97. The Balaban J connectivity index is 1.85. The number of halogens is 1. The van der Waals surface area contributed by atoms with Gasteiger partial charge in [0.15, 0.2) is 4.90 Å². The maximum atomic E-state index is 12.3. The molecule has 3 aromatic rings. The zero-order chi connectivity index (χ0) is 20.1. The standard InChI is InChI=1S/C20H15ClN4O2S/c21-18-4-2-1-3-14(18)8-20(26)25-16-5-6-17(19(9-16)28(23)27)15-7-13(10-22)11-24-12-15/h1-7,9,11-12H,8,23H2,(H,25,26). The van der Waals surface area contributed by atoms with Gasteiger partial charge in [-0.05, 0) is 29.8 Å². The van der Waals surface area contributed by atoms with Gasteiger partial charge < -0.3 is 9.87 Å². The van der Waals surface area contributed by atoms with Crippen LogP contribution in [0.4, 0.5) is 5.69 Å². The van der Waals surface area contributed by atoms with Crippen LogP contribution in [0.25, 0.3) is 11.1 Å². The molecule has 0 bridgehead atoms. The second kappa shape index (κ2) is 8.87. The largest absolute Gasteiger partial charge is 0.593 e. The van der Waals surface area contributed by atoms with Gasteiger partial charge in [0.1, 0.15) is 6.07 Å². The summed E-state index contributed by atoms with van der Waals surface area (Å²) in [6.07, 6.45) is 3.10. The summed E-state index contributed by atoms with van der Waals surface area (Å²) in [6.45, 7) is 0. The summed E-state index contributed by atoms with van der Waals surface area (Å²) in [6, 6.07) is 15.7. The third kappa shape index (κ3) is 4.68. The van der Waals surface area contributed by atoms with Gasteiger partial charge in [-0.3, -0.25) is 9.78 Å². The summed E-state index contributed by atoms with van der Waals surface area (Å²) in [5.74, 6) is -0.261. The molecule has 1 aromatic heterocycles. The summed E-state index contributed by atoms with van der Waals surface area (Å²) >= 11 is 4.29. The van der Waals surface area contributed by atoms with Crippen LogP contribution in [0.15, 0.2) is 65.8 Å². The highest BCUT2D eigenvalue weighted by molar-refractivity contribution is 7.89. The van der Waals surface area contributed by atoms with Crippen LogP contribution in [-0.2, 0) is 22.6 Å². The van der Waals surface area contributed by atoms with Gasteiger partial charge in [0.2, 0.25) is 5.91 Å². The molecule has 6 nitrogen and oxygen atoms in total. The lowest BCUT2D eigenvalue weighted by molar-refractivity contribution is -0.115. The van der Waals surface area contributed by atoms with E-state index in [1.165, 1.54) is 6.20 Å².